The summed E-state index contributed by atoms with van der Waals surface area (Å²) in [4.78, 5) is 14.0. The summed E-state index contributed by atoms with van der Waals surface area (Å²) in [7, 11) is 1.62. The van der Waals surface area contributed by atoms with Crippen molar-refractivity contribution in [3.63, 3.8) is 0 Å². The van der Waals surface area contributed by atoms with Crippen molar-refractivity contribution in [2.24, 2.45) is 0 Å². The lowest BCUT2D eigenvalue weighted by molar-refractivity contribution is 0.0766. The zero-order chi connectivity index (χ0) is 12.7. The third-order valence-electron chi connectivity index (χ3n) is 2.47. The summed E-state index contributed by atoms with van der Waals surface area (Å²) in [6.07, 6.45) is 0.967. The van der Waals surface area contributed by atoms with Gasteiger partial charge in [-0.1, -0.05) is 22.9 Å². The minimum absolute atomic E-state index is 0.0777. The highest BCUT2D eigenvalue weighted by Crippen LogP contribution is 2.13. The fourth-order valence-corrected chi connectivity index (χ4v) is 2.03. The van der Waals surface area contributed by atoms with Crippen molar-refractivity contribution in [3.8, 4) is 5.75 Å². The highest BCUT2D eigenvalue weighted by atomic mass is 79.9. The Bertz CT molecular complexity index is 345. The molecular formula is C13H18BrNO2. The number of halogens is 1. The van der Waals surface area contributed by atoms with Crippen LogP contribution in [0, 0.1) is 0 Å². The lowest BCUT2D eigenvalue weighted by Gasteiger charge is -2.21. The molecule has 0 unspecified atom stereocenters. The molecule has 3 nitrogen and oxygen atoms in total. The van der Waals surface area contributed by atoms with Crippen molar-refractivity contribution >= 4 is 21.8 Å². The van der Waals surface area contributed by atoms with Crippen LogP contribution in [0.15, 0.2) is 24.3 Å². The summed E-state index contributed by atoms with van der Waals surface area (Å²) in [5.41, 5.74) is 0.709. The Morgan fingerprint density at radius 1 is 1.29 bits per heavy atom. The van der Waals surface area contributed by atoms with Crippen LogP contribution in [0.25, 0.3) is 0 Å². The Kier molecular flexibility index (Phi) is 6.05. The molecule has 0 aliphatic carbocycles. The number of carbonyl (C=O) groups excluding carboxylic acids is 1. The second-order valence-corrected chi connectivity index (χ2v) is 4.50. The number of rotatable bonds is 6. The average molecular weight is 300 g/mol. The molecule has 1 aromatic rings. The van der Waals surface area contributed by atoms with Gasteiger partial charge in [-0.2, -0.15) is 0 Å². The number of carbonyl (C=O) groups is 1. The number of hydrogen-bond acceptors (Lipinski definition) is 2. The van der Waals surface area contributed by atoms with E-state index in [2.05, 4.69) is 22.9 Å². The maximum Gasteiger partial charge on any atom is 0.253 e. The van der Waals surface area contributed by atoms with Crippen molar-refractivity contribution in [2.75, 3.05) is 25.5 Å². The van der Waals surface area contributed by atoms with E-state index in [0.29, 0.717) is 5.56 Å². The molecule has 0 atom stereocenters. The summed E-state index contributed by atoms with van der Waals surface area (Å²) in [6.45, 7) is 3.59. The molecule has 0 N–H and O–H groups in total. The highest BCUT2D eigenvalue weighted by Gasteiger charge is 2.13. The first kappa shape index (κ1) is 14.0. The molecule has 1 aromatic carbocycles. The number of methoxy groups -OCH3 is 1. The van der Waals surface area contributed by atoms with E-state index in [0.717, 1.165) is 30.6 Å². The molecule has 94 valence electrons. The van der Waals surface area contributed by atoms with Crippen LogP contribution in [0.2, 0.25) is 0 Å². The van der Waals surface area contributed by atoms with Gasteiger partial charge in [0.1, 0.15) is 5.75 Å². The summed E-state index contributed by atoms with van der Waals surface area (Å²) < 4.78 is 5.07. The molecule has 0 heterocycles. The smallest absolute Gasteiger partial charge is 0.253 e. The van der Waals surface area contributed by atoms with Crippen molar-refractivity contribution in [2.45, 2.75) is 13.3 Å². The van der Waals surface area contributed by atoms with Gasteiger partial charge in [-0.3, -0.25) is 4.79 Å². The minimum Gasteiger partial charge on any atom is -0.497 e. The van der Waals surface area contributed by atoms with Crippen molar-refractivity contribution in [1.29, 1.82) is 0 Å². The van der Waals surface area contributed by atoms with Crippen molar-refractivity contribution < 1.29 is 9.53 Å². The van der Waals surface area contributed by atoms with E-state index in [-0.39, 0.29) is 5.91 Å². The molecule has 0 saturated heterocycles. The van der Waals surface area contributed by atoms with Gasteiger partial charge in [-0.25, -0.2) is 0 Å². The van der Waals surface area contributed by atoms with Crippen molar-refractivity contribution in [3.05, 3.63) is 29.8 Å². The van der Waals surface area contributed by atoms with Crippen molar-refractivity contribution in [1.82, 2.24) is 4.90 Å². The number of ether oxygens (including phenoxy) is 1. The minimum atomic E-state index is 0.0777. The molecule has 0 fully saturated rings. The number of hydrogen-bond donors (Lipinski definition) is 0. The van der Waals surface area contributed by atoms with Gasteiger partial charge in [0.2, 0.25) is 0 Å². The topological polar surface area (TPSA) is 29.5 Å². The largest absolute Gasteiger partial charge is 0.497 e. The normalized spacial score (nSPS) is 10.1. The maximum atomic E-state index is 12.2. The van der Waals surface area contributed by atoms with Crippen LogP contribution >= 0.6 is 15.9 Å². The zero-order valence-electron chi connectivity index (χ0n) is 10.3. The first-order chi connectivity index (χ1) is 8.22. The van der Waals surface area contributed by atoms with E-state index < -0.39 is 0 Å². The molecule has 0 spiro atoms. The SMILES string of the molecule is CCCN(CCBr)C(=O)c1ccc(OC)cc1. The third-order valence-corrected chi connectivity index (χ3v) is 2.83. The molecule has 4 heteroatoms. The Labute approximate surface area is 111 Å². The number of nitrogens with zero attached hydrogens (tertiary/aromatic N) is 1. The summed E-state index contributed by atoms with van der Waals surface area (Å²) in [5, 5.41) is 0.800. The Hall–Kier alpha value is -1.03. The van der Waals surface area contributed by atoms with Crippen LogP contribution in [-0.4, -0.2) is 36.3 Å². The van der Waals surface area contributed by atoms with E-state index >= 15 is 0 Å². The van der Waals surface area contributed by atoms with E-state index in [1.807, 2.05) is 17.0 Å². The fraction of sp³-hybridized carbons (Fsp3) is 0.462. The number of benzene rings is 1. The molecule has 0 saturated carbocycles. The van der Waals surface area contributed by atoms with Gasteiger partial charge < -0.3 is 9.64 Å². The number of alkyl halides is 1. The van der Waals surface area contributed by atoms with E-state index in [1.165, 1.54) is 0 Å². The summed E-state index contributed by atoms with van der Waals surface area (Å²) in [6, 6.07) is 7.23. The monoisotopic (exact) mass is 299 g/mol. The lowest BCUT2D eigenvalue weighted by atomic mass is 10.2. The molecule has 0 aliphatic heterocycles. The Morgan fingerprint density at radius 3 is 2.41 bits per heavy atom. The van der Waals surface area contributed by atoms with Gasteiger partial charge in [-0.05, 0) is 30.7 Å². The first-order valence-electron chi connectivity index (χ1n) is 5.72. The first-order valence-corrected chi connectivity index (χ1v) is 6.84. The van der Waals surface area contributed by atoms with Gasteiger partial charge >= 0.3 is 0 Å². The van der Waals surface area contributed by atoms with Gasteiger partial charge in [0.25, 0.3) is 5.91 Å². The number of amides is 1. The lowest BCUT2D eigenvalue weighted by Crippen LogP contribution is -2.33. The van der Waals surface area contributed by atoms with E-state index in [1.54, 1.807) is 19.2 Å². The zero-order valence-corrected chi connectivity index (χ0v) is 11.9. The molecule has 0 radical (unpaired) electrons. The second kappa shape index (κ2) is 7.33. The average Bonchev–Trinajstić information content (AvgIpc) is 2.38. The molecule has 0 aliphatic rings. The Balaban J connectivity index is 2.77. The van der Waals surface area contributed by atoms with Crippen LogP contribution in [-0.2, 0) is 0 Å². The van der Waals surface area contributed by atoms with Crippen LogP contribution in [0.4, 0.5) is 0 Å². The van der Waals surface area contributed by atoms with Crippen LogP contribution < -0.4 is 4.74 Å². The van der Waals surface area contributed by atoms with Gasteiger partial charge in [0.05, 0.1) is 7.11 Å². The van der Waals surface area contributed by atoms with Gasteiger partial charge in [0, 0.05) is 24.0 Å². The second-order valence-electron chi connectivity index (χ2n) is 3.71. The van der Waals surface area contributed by atoms with Gasteiger partial charge in [-0.15, -0.1) is 0 Å². The van der Waals surface area contributed by atoms with Crippen LogP contribution in [0.5, 0.6) is 5.75 Å². The third kappa shape index (κ3) is 4.04. The quantitative estimate of drug-likeness (QED) is 0.756. The van der Waals surface area contributed by atoms with E-state index in [9.17, 15) is 4.79 Å². The summed E-state index contributed by atoms with van der Waals surface area (Å²) in [5.74, 6) is 0.845. The molecular weight excluding hydrogens is 282 g/mol. The molecule has 17 heavy (non-hydrogen) atoms. The molecule has 1 amide bonds. The molecule has 1 rings (SSSR count). The molecule has 0 bridgehead atoms. The van der Waals surface area contributed by atoms with Gasteiger partial charge in [0.15, 0.2) is 0 Å². The van der Waals surface area contributed by atoms with E-state index in [4.69, 9.17) is 4.74 Å². The fourth-order valence-electron chi connectivity index (χ4n) is 1.60. The maximum absolute atomic E-state index is 12.2. The molecule has 0 aromatic heterocycles. The van der Waals surface area contributed by atoms with Crippen LogP contribution in [0.3, 0.4) is 0 Å². The standard InChI is InChI=1S/C13H18BrNO2/c1-3-9-15(10-8-14)13(16)11-4-6-12(17-2)7-5-11/h4-7H,3,8-10H2,1-2H3. The highest BCUT2D eigenvalue weighted by molar-refractivity contribution is 9.09. The summed E-state index contributed by atoms with van der Waals surface area (Å²) >= 11 is 3.37. The predicted octanol–water partition coefficient (Wildman–Crippen LogP) is 2.94. The van der Waals surface area contributed by atoms with Crippen LogP contribution in [0.1, 0.15) is 23.7 Å². The Morgan fingerprint density at radius 2 is 1.94 bits per heavy atom. The predicted molar refractivity (Wildman–Crippen MR) is 73.0 cm³/mol.